The van der Waals surface area contributed by atoms with Gasteiger partial charge in [-0.25, -0.2) is 4.79 Å². The molecule has 7 nitrogen and oxygen atoms in total. The molecule has 1 unspecified atom stereocenters. The molecule has 1 aliphatic carbocycles. The first-order chi connectivity index (χ1) is 15.1. The molecule has 3 rings (SSSR count). The van der Waals surface area contributed by atoms with E-state index < -0.39 is 42.7 Å². The number of alkyl halides is 3. The number of alkyl carbamates (subject to hydrolysis) is 1. The highest BCUT2D eigenvalue weighted by molar-refractivity contribution is 5.86. The van der Waals surface area contributed by atoms with E-state index in [9.17, 15) is 27.6 Å². The number of fused-ring (bicyclic) bond motifs is 3. The van der Waals surface area contributed by atoms with Crippen LogP contribution in [0.25, 0.3) is 11.1 Å². The van der Waals surface area contributed by atoms with Crippen LogP contribution >= 0.6 is 0 Å². The minimum absolute atomic E-state index is 0.0294. The summed E-state index contributed by atoms with van der Waals surface area (Å²) in [5.41, 5.74) is 4.02. The first-order valence-corrected chi connectivity index (χ1v) is 9.78. The number of carbonyl (C=O) groups is 3. The predicted molar refractivity (Wildman–Crippen MR) is 108 cm³/mol. The third kappa shape index (κ3) is 5.19. The van der Waals surface area contributed by atoms with Crippen LogP contribution in [0.3, 0.4) is 0 Å². The average Bonchev–Trinajstić information content (AvgIpc) is 3.04. The normalized spacial score (nSPS) is 14.6. The summed E-state index contributed by atoms with van der Waals surface area (Å²) in [6.45, 7) is 1.14. The van der Waals surface area contributed by atoms with Gasteiger partial charge in [-0.15, -0.1) is 0 Å². The van der Waals surface area contributed by atoms with Gasteiger partial charge in [-0.3, -0.25) is 9.59 Å². The lowest BCUT2D eigenvalue weighted by Gasteiger charge is -2.22. The van der Waals surface area contributed by atoms with E-state index in [0.29, 0.717) is 0 Å². The van der Waals surface area contributed by atoms with Crippen LogP contribution in [0.15, 0.2) is 48.5 Å². The molecular weight excluding hydrogens is 429 g/mol. The van der Waals surface area contributed by atoms with Crippen molar-refractivity contribution >= 4 is 18.0 Å². The number of carboxylic acids is 1. The molecule has 0 spiro atoms. The molecule has 0 aliphatic heterocycles. The van der Waals surface area contributed by atoms with E-state index in [2.05, 4.69) is 5.32 Å². The van der Waals surface area contributed by atoms with Crippen LogP contribution in [-0.4, -0.2) is 47.9 Å². The van der Waals surface area contributed by atoms with Crippen molar-refractivity contribution in [3.8, 4) is 11.1 Å². The maximum absolute atomic E-state index is 12.9. The second-order valence-electron chi connectivity index (χ2n) is 7.39. The number of halogens is 3. The lowest BCUT2D eigenvalue weighted by atomic mass is 9.98. The Bertz CT molecular complexity index is 979. The molecule has 0 saturated carbocycles. The molecule has 2 atom stereocenters. The third-order valence-corrected chi connectivity index (χ3v) is 5.16. The molecule has 2 amide bonds. The maximum atomic E-state index is 12.9. The summed E-state index contributed by atoms with van der Waals surface area (Å²) < 4.78 is 44.0. The Morgan fingerprint density at radius 1 is 1.00 bits per heavy atom. The second kappa shape index (κ2) is 9.29. The fraction of sp³-hybridized carbons (Fsp3) is 0.318. The van der Waals surface area contributed by atoms with Crippen LogP contribution in [0.1, 0.15) is 30.4 Å². The van der Waals surface area contributed by atoms with Crippen molar-refractivity contribution in [3.05, 3.63) is 59.7 Å². The van der Waals surface area contributed by atoms with Gasteiger partial charge in [-0.05, 0) is 29.2 Å². The average molecular weight is 450 g/mol. The summed E-state index contributed by atoms with van der Waals surface area (Å²) in [7, 11) is 0. The number of aliphatic carboxylic acids is 1. The van der Waals surface area contributed by atoms with Crippen molar-refractivity contribution in [2.45, 2.75) is 37.5 Å². The highest BCUT2D eigenvalue weighted by Crippen LogP contribution is 2.44. The summed E-state index contributed by atoms with van der Waals surface area (Å²) in [5.74, 6) is -3.12. The van der Waals surface area contributed by atoms with Crippen LogP contribution in [0.2, 0.25) is 0 Å². The third-order valence-electron chi connectivity index (χ3n) is 5.16. The molecule has 2 aromatic carbocycles. The zero-order valence-corrected chi connectivity index (χ0v) is 17.0. The number of hydrogen-bond acceptors (Lipinski definition) is 4. The molecule has 0 heterocycles. The summed E-state index contributed by atoms with van der Waals surface area (Å²) >= 11 is 0. The number of carbonyl (C=O) groups excluding carboxylic acids is 2. The first kappa shape index (κ1) is 23.1. The highest BCUT2D eigenvalue weighted by Gasteiger charge is 2.42. The zero-order valence-electron chi connectivity index (χ0n) is 17.0. The standard InChI is InChI=1S/C22H21F3N2O5/c1-12(20(30)27-18(10-19(28)29)22(23,24)25)26-21(31)32-11-17-15-8-4-2-6-13(15)14-7-3-5-9-16(14)17/h2-9,12,17-18H,10-11H2,1H3,(H,26,31)(H,27,30)(H,28,29)/t12-,18?/m0/s1. The molecule has 0 fully saturated rings. The summed E-state index contributed by atoms with van der Waals surface area (Å²) in [4.78, 5) is 34.8. The number of nitrogens with one attached hydrogen (secondary N) is 2. The van der Waals surface area contributed by atoms with Crippen LogP contribution in [0, 0.1) is 0 Å². The van der Waals surface area contributed by atoms with E-state index >= 15 is 0 Å². The lowest BCUT2D eigenvalue weighted by molar-refractivity contribution is -0.170. The number of rotatable bonds is 7. The molecule has 2 aromatic rings. The number of ether oxygens (including phenoxy) is 1. The Labute approximate surface area is 181 Å². The number of carboxylic acid groups (broad SMARTS) is 1. The highest BCUT2D eigenvalue weighted by atomic mass is 19.4. The molecule has 32 heavy (non-hydrogen) atoms. The number of amides is 2. The van der Waals surface area contributed by atoms with E-state index in [1.807, 2.05) is 48.5 Å². The Hall–Kier alpha value is -3.56. The van der Waals surface area contributed by atoms with Gasteiger partial charge >= 0.3 is 18.2 Å². The SMILES string of the molecule is C[C@H](NC(=O)OCC1c2ccccc2-c2ccccc21)C(=O)NC(CC(=O)O)C(F)(F)F. The topological polar surface area (TPSA) is 105 Å². The van der Waals surface area contributed by atoms with E-state index in [1.165, 1.54) is 6.92 Å². The van der Waals surface area contributed by atoms with Gasteiger partial charge in [0, 0.05) is 5.92 Å². The van der Waals surface area contributed by atoms with E-state index in [4.69, 9.17) is 9.84 Å². The summed E-state index contributed by atoms with van der Waals surface area (Å²) in [6.07, 6.45) is -7.25. The van der Waals surface area contributed by atoms with Gasteiger partial charge in [0.1, 0.15) is 18.7 Å². The van der Waals surface area contributed by atoms with Gasteiger partial charge < -0.3 is 20.5 Å². The van der Waals surface area contributed by atoms with Gasteiger partial charge in [-0.1, -0.05) is 48.5 Å². The number of hydrogen-bond donors (Lipinski definition) is 3. The number of benzene rings is 2. The summed E-state index contributed by atoms with van der Waals surface area (Å²) in [6, 6.07) is 11.4. The minimum atomic E-state index is -4.95. The second-order valence-corrected chi connectivity index (χ2v) is 7.39. The molecule has 0 aromatic heterocycles. The van der Waals surface area contributed by atoms with Crippen LogP contribution in [-0.2, 0) is 14.3 Å². The largest absolute Gasteiger partial charge is 0.481 e. The van der Waals surface area contributed by atoms with Gasteiger partial charge in [0.15, 0.2) is 0 Å². The van der Waals surface area contributed by atoms with Gasteiger partial charge in [0.05, 0.1) is 6.42 Å². The molecule has 10 heteroatoms. The monoisotopic (exact) mass is 450 g/mol. The zero-order chi connectivity index (χ0) is 23.5. The molecule has 170 valence electrons. The Morgan fingerprint density at radius 3 is 2.03 bits per heavy atom. The quantitative estimate of drug-likeness (QED) is 0.600. The molecule has 1 aliphatic rings. The van der Waals surface area contributed by atoms with E-state index in [0.717, 1.165) is 22.3 Å². The van der Waals surface area contributed by atoms with E-state index in [1.54, 1.807) is 5.32 Å². The molecule has 0 bridgehead atoms. The van der Waals surface area contributed by atoms with Crippen molar-refractivity contribution < 1.29 is 37.4 Å². The van der Waals surface area contributed by atoms with Gasteiger partial charge in [0.25, 0.3) is 0 Å². The predicted octanol–water partition coefficient (Wildman–Crippen LogP) is 3.44. The fourth-order valence-corrected chi connectivity index (χ4v) is 3.60. The van der Waals surface area contributed by atoms with Crippen molar-refractivity contribution in [3.63, 3.8) is 0 Å². The van der Waals surface area contributed by atoms with Crippen molar-refractivity contribution in [2.75, 3.05) is 6.61 Å². The van der Waals surface area contributed by atoms with Gasteiger partial charge in [0.2, 0.25) is 5.91 Å². The van der Waals surface area contributed by atoms with Gasteiger partial charge in [-0.2, -0.15) is 13.2 Å². The Balaban J connectivity index is 1.59. The van der Waals surface area contributed by atoms with E-state index in [-0.39, 0.29) is 12.5 Å². The van der Waals surface area contributed by atoms with Crippen LogP contribution in [0.4, 0.5) is 18.0 Å². The van der Waals surface area contributed by atoms with Crippen molar-refractivity contribution in [1.82, 2.24) is 10.6 Å². The van der Waals surface area contributed by atoms with Crippen LogP contribution < -0.4 is 10.6 Å². The van der Waals surface area contributed by atoms with Crippen molar-refractivity contribution in [2.24, 2.45) is 0 Å². The lowest BCUT2D eigenvalue weighted by Crippen LogP contribution is -2.53. The van der Waals surface area contributed by atoms with Crippen LogP contribution in [0.5, 0.6) is 0 Å². The first-order valence-electron chi connectivity index (χ1n) is 9.78. The molecule has 0 radical (unpaired) electrons. The fourth-order valence-electron chi connectivity index (χ4n) is 3.60. The molecule has 0 saturated heterocycles. The van der Waals surface area contributed by atoms with Crippen molar-refractivity contribution in [1.29, 1.82) is 0 Å². The minimum Gasteiger partial charge on any atom is -0.481 e. The Kier molecular flexibility index (Phi) is 6.71. The smallest absolute Gasteiger partial charge is 0.409 e. The summed E-state index contributed by atoms with van der Waals surface area (Å²) in [5, 5.41) is 12.4. The maximum Gasteiger partial charge on any atom is 0.409 e. The molecule has 3 N–H and O–H groups in total. The Morgan fingerprint density at radius 2 is 1.53 bits per heavy atom. The molecular formula is C22H21F3N2O5.